The zero-order valence-corrected chi connectivity index (χ0v) is 16.8. The molecule has 148 valence electrons. The van der Waals surface area contributed by atoms with E-state index in [1.165, 1.54) is 0 Å². The van der Waals surface area contributed by atoms with Crippen molar-refractivity contribution < 1.29 is 9.21 Å². The summed E-state index contributed by atoms with van der Waals surface area (Å²) in [6, 6.07) is 7.84. The highest BCUT2D eigenvalue weighted by atomic mass is 16.4. The Bertz CT molecular complexity index is 693. The van der Waals surface area contributed by atoms with Crippen LogP contribution < -0.4 is 10.6 Å². The maximum absolute atomic E-state index is 11.8. The van der Waals surface area contributed by atoms with Crippen LogP contribution in [0.4, 0.5) is 11.7 Å². The maximum Gasteiger partial charge on any atom is 0.315 e. The molecule has 1 aromatic heterocycles. The van der Waals surface area contributed by atoms with Gasteiger partial charge < -0.3 is 20.0 Å². The zero-order chi connectivity index (χ0) is 19.6. The molecule has 0 saturated heterocycles. The molecule has 7 nitrogen and oxygen atoms in total. The van der Waals surface area contributed by atoms with Crippen molar-refractivity contribution in [1.82, 2.24) is 15.1 Å². The number of nitrogens with zero attached hydrogens (tertiary/aromatic N) is 3. The van der Waals surface area contributed by atoms with Gasteiger partial charge in [0.15, 0.2) is 0 Å². The number of amides is 1. The van der Waals surface area contributed by atoms with Gasteiger partial charge in [-0.05, 0) is 56.2 Å². The summed E-state index contributed by atoms with van der Waals surface area (Å²) >= 11 is 0. The number of nitrogens with one attached hydrogen (secondary N) is 2. The van der Waals surface area contributed by atoms with Crippen LogP contribution in [0, 0.1) is 5.92 Å². The second kappa shape index (κ2) is 10.7. The molecule has 0 aliphatic carbocycles. The summed E-state index contributed by atoms with van der Waals surface area (Å²) in [4.78, 5) is 14.2. The molecule has 7 heteroatoms. The quantitative estimate of drug-likeness (QED) is 0.582. The van der Waals surface area contributed by atoms with Gasteiger partial charge in [0.05, 0.1) is 0 Å². The lowest BCUT2D eigenvalue weighted by molar-refractivity contribution is -0.116. The van der Waals surface area contributed by atoms with Crippen molar-refractivity contribution in [1.29, 1.82) is 0 Å². The average molecular weight is 374 g/mol. The van der Waals surface area contributed by atoms with Gasteiger partial charge in [-0.3, -0.25) is 4.79 Å². The van der Waals surface area contributed by atoms with Crippen molar-refractivity contribution in [2.24, 2.45) is 5.92 Å². The minimum absolute atomic E-state index is 0.0201. The van der Waals surface area contributed by atoms with E-state index in [0.29, 0.717) is 24.2 Å². The molecule has 2 aromatic rings. The van der Waals surface area contributed by atoms with Gasteiger partial charge in [-0.25, -0.2) is 0 Å². The highest BCUT2D eigenvalue weighted by Gasteiger charge is 2.10. The Morgan fingerprint density at radius 1 is 1.15 bits per heavy atom. The summed E-state index contributed by atoms with van der Waals surface area (Å²) in [5, 5.41) is 14.2. The van der Waals surface area contributed by atoms with Crippen LogP contribution in [-0.2, 0) is 4.79 Å². The predicted octanol–water partition coefficient (Wildman–Crippen LogP) is 3.87. The first-order chi connectivity index (χ1) is 13.0. The molecule has 1 amide bonds. The molecule has 0 atom stereocenters. The zero-order valence-electron chi connectivity index (χ0n) is 16.8. The van der Waals surface area contributed by atoms with E-state index in [4.69, 9.17) is 4.42 Å². The molecule has 0 spiro atoms. The second-order valence-electron chi connectivity index (χ2n) is 6.94. The molecule has 1 aromatic carbocycles. The van der Waals surface area contributed by atoms with Crippen LogP contribution in [0.1, 0.15) is 40.5 Å². The van der Waals surface area contributed by atoms with E-state index < -0.39 is 0 Å². The van der Waals surface area contributed by atoms with E-state index in [1.807, 2.05) is 38.1 Å². The number of rotatable bonds is 11. The maximum atomic E-state index is 11.8. The minimum atomic E-state index is 0.0201. The smallest absolute Gasteiger partial charge is 0.315 e. The van der Waals surface area contributed by atoms with E-state index in [1.54, 1.807) is 0 Å². The van der Waals surface area contributed by atoms with Gasteiger partial charge in [0.25, 0.3) is 0 Å². The highest BCUT2D eigenvalue weighted by Crippen LogP contribution is 2.22. The third kappa shape index (κ3) is 7.02. The van der Waals surface area contributed by atoms with E-state index in [-0.39, 0.29) is 5.91 Å². The molecule has 0 radical (unpaired) electrons. The molecule has 27 heavy (non-hydrogen) atoms. The van der Waals surface area contributed by atoms with Crippen molar-refractivity contribution >= 4 is 17.6 Å². The van der Waals surface area contributed by atoms with E-state index in [0.717, 1.165) is 43.9 Å². The standard InChI is InChI=1S/C20H31N5O2/c1-5-25(6-2)13-7-12-21-20-24-23-19(27-20)16-8-10-17(11-9-16)22-18(26)14-15(3)4/h8-11,15H,5-7,12-14H2,1-4H3,(H,21,24)(H,22,26). The molecule has 2 N–H and O–H groups in total. The number of carbonyl (C=O) groups is 1. The Hall–Kier alpha value is -2.41. The molecule has 0 aliphatic rings. The molecule has 0 unspecified atom stereocenters. The molecule has 0 bridgehead atoms. The topological polar surface area (TPSA) is 83.3 Å². The van der Waals surface area contributed by atoms with Crippen molar-refractivity contribution in [3.63, 3.8) is 0 Å². The lowest BCUT2D eigenvalue weighted by atomic mass is 10.1. The van der Waals surface area contributed by atoms with Gasteiger partial charge >= 0.3 is 6.01 Å². The summed E-state index contributed by atoms with van der Waals surface area (Å²) in [5.41, 5.74) is 1.58. The van der Waals surface area contributed by atoms with Crippen LogP contribution in [0.3, 0.4) is 0 Å². The Morgan fingerprint density at radius 3 is 2.48 bits per heavy atom. The van der Waals surface area contributed by atoms with Crippen molar-refractivity contribution in [2.75, 3.05) is 36.8 Å². The van der Waals surface area contributed by atoms with Crippen molar-refractivity contribution in [3.05, 3.63) is 24.3 Å². The van der Waals surface area contributed by atoms with E-state index >= 15 is 0 Å². The average Bonchev–Trinajstić information content (AvgIpc) is 3.10. The summed E-state index contributed by atoms with van der Waals surface area (Å²) in [6.07, 6.45) is 1.53. The van der Waals surface area contributed by atoms with Crippen LogP contribution in [0.2, 0.25) is 0 Å². The first-order valence-electron chi connectivity index (χ1n) is 9.71. The molecular weight excluding hydrogens is 342 g/mol. The molecule has 0 saturated carbocycles. The van der Waals surface area contributed by atoms with Gasteiger partial charge in [0.1, 0.15) is 0 Å². The number of aromatic nitrogens is 2. The Balaban J connectivity index is 1.84. The van der Waals surface area contributed by atoms with Crippen LogP contribution in [-0.4, -0.2) is 47.2 Å². The minimum Gasteiger partial charge on any atom is -0.403 e. The van der Waals surface area contributed by atoms with Crippen LogP contribution >= 0.6 is 0 Å². The first-order valence-corrected chi connectivity index (χ1v) is 9.71. The Morgan fingerprint density at radius 2 is 1.85 bits per heavy atom. The van der Waals surface area contributed by atoms with Crippen LogP contribution in [0.25, 0.3) is 11.5 Å². The number of hydrogen-bond donors (Lipinski definition) is 2. The van der Waals surface area contributed by atoms with Crippen molar-refractivity contribution in [3.8, 4) is 11.5 Å². The third-order valence-corrected chi connectivity index (χ3v) is 4.26. The second-order valence-corrected chi connectivity index (χ2v) is 6.94. The molecule has 2 rings (SSSR count). The summed E-state index contributed by atoms with van der Waals surface area (Å²) in [7, 11) is 0. The number of anilines is 2. The predicted molar refractivity (Wildman–Crippen MR) is 109 cm³/mol. The largest absolute Gasteiger partial charge is 0.403 e. The monoisotopic (exact) mass is 373 g/mol. The van der Waals surface area contributed by atoms with E-state index in [2.05, 4.69) is 39.6 Å². The fourth-order valence-electron chi connectivity index (χ4n) is 2.73. The van der Waals surface area contributed by atoms with E-state index in [9.17, 15) is 4.79 Å². The SMILES string of the molecule is CCN(CC)CCCNc1nnc(-c2ccc(NC(=O)CC(C)C)cc2)o1. The number of hydrogen-bond acceptors (Lipinski definition) is 6. The normalized spacial score (nSPS) is 11.2. The first kappa shape index (κ1) is 20.9. The summed E-state index contributed by atoms with van der Waals surface area (Å²) < 4.78 is 5.67. The van der Waals surface area contributed by atoms with Gasteiger partial charge in [-0.1, -0.05) is 32.8 Å². The lowest BCUT2D eigenvalue weighted by Crippen LogP contribution is -2.25. The van der Waals surface area contributed by atoms with Gasteiger partial charge in [0, 0.05) is 24.2 Å². The van der Waals surface area contributed by atoms with Crippen LogP contribution in [0.15, 0.2) is 28.7 Å². The fourth-order valence-corrected chi connectivity index (χ4v) is 2.73. The van der Waals surface area contributed by atoms with Crippen LogP contribution in [0.5, 0.6) is 0 Å². The Kier molecular flexibility index (Phi) is 8.26. The highest BCUT2D eigenvalue weighted by molar-refractivity contribution is 5.91. The molecule has 0 aliphatic heterocycles. The van der Waals surface area contributed by atoms with Gasteiger partial charge in [0.2, 0.25) is 11.8 Å². The van der Waals surface area contributed by atoms with Crippen molar-refractivity contribution in [2.45, 2.75) is 40.5 Å². The third-order valence-electron chi connectivity index (χ3n) is 4.26. The fraction of sp³-hybridized carbons (Fsp3) is 0.550. The Labute approximate surface area is 161 Å². The number of carbonyl (C=O) groups excluding carboxylic acids is 1. The van der Waals surface area contributed by atoms with Gasteiger partial charge in [-0.15, -0.1) is 5.10 Å². The number of benzene rings is 1. The summed E-state index contributed by atoms with van der Waals surface area (Å²) in [5.74, 6) is 0.814. The van der Waals surface area contributed by atoms with Gasteiger partial charge in [-0.2, -0.15) is 0 Å². The lowest BCUT2D eigenvalue weighted by Gasteiger charge is -2.17. The molecular formula is C20H31N5O2. The summed E-state index contributed by atoms with van der Waals surface area (Å²) in [6.45, 7) is 12.3. The molecule has 1 heterocycles. The molecule has 0 fully saturated rings.